The highest BCUT2D eigenvalue weighted by molar-refractivity contribution is 5.91. The van der Waals surface area contributed by atoms with Gasteiger partial charge < -0.3 is 9.72 Å². The highest BCUT2D eigenvalue weighted by Gasteiger charge is 2.01. The number of ether oxygens (including phenoxy) is 1. The molecule has 0 aliphatic heterocycles. The maximum atomic E-state index is 11.8. The first-order valence-corrected chi connectivity index (χ1v) is 6.56. The van der Waals surface area contributed by atoms with Crippen molar-refractivity contribution < 1.29 is 4.74 Å². The number of H-pyrrole nitrogens is 1. The molecule has 3 aromatic rings. The fraction of sp³-hybridized carbons (Fsp3) is 0.0588. The number of nitrogens with zero attached hydrogens (tertiary/aromatic N) is 1. The summed E-state index contributed by atoms with van der Waals surface area (Å²) < 4.78 is 5.10. The molecule has 0 radical (unpaired) electrons. The second kappa shape index (κ2) is 5.63. The Morgan fingerprint density at radius 3 is 2.76 bits per heavy atom. The van der Waals surface area contributed by atoms with E-state index in [1.165, 1.54) is 0 Å². The molecule has 0 fully saturated rings. The number of methoxy groups -OCH3 is 1. The molecule has 4 heteroatoms. The van der Waals surface area contributed by atoms with E-state index >= 15 is 0 Å². The topological polar surface area (TPSA) is 55.0 Å². The van der Waals surface area contributed by atoms with Crippen LogP contribution in [-0.4, -0.2) is 17.1 Å². The number of pyridine rings is 2. The van der Waals surface area contributed by atoms with Crippen LogP contribution in [0.15, 0.2) is 53.6 Å². The van der Waals surface area contributed by atoms with E-state index in [9.17, 15) is 4.79 Å². The van der Waals surface area contributed by atoms with Gasteiger partial charge in [0, 0.05) is 23.8 Å². The Morgan fingerprint density at radius 1 is 1.14 bits per heavy atom. The maximum absolute atomic E-state index is 11.8. The number of nitrogens with one attached hydrogen (secondary N) is 1. The fourth-order valence-corrected chi connectivity index (χ4v) is 2.20. The molecule has 1 aromatic carbocycles. The van der Waals surface area contributed by atoms with Gasteiger partial charge in [0.2, 0.25) is 5.88 Å². The van der Waals surface area contributed by atoms with Crippen LogP contribution in [0.5, 0.6) is 5.88 Å². The van der Waals surface area contributed by atoms with Crippen molar-refractivity contribution in [2.24, 2.45) is 0 Å². The maximum Gasteiger partial charge on any atom is 0.255 e. The Kier molecular flexibility index (Phi) is 3.51. The molecule has 0 spiro atoms. The third-order valence-electron chi connectivity index (χ3n) is 3.26. The molecule has 3 rings (SSSR count). The summed E-state index contributed by atoms with van der Waals surface area (Å²) in [5.41, 5.74) is 1.87. The standard InChI is InChI=1S/C17H14N2O2/c1-21-16-10-12(8-9-18-16)6-7-13-11-19-17(20)15-5-3-2-4-14(13)15/h2-11H,1H3,(H,19,20). The first kappa shape index (κ1) is 13.1. The van der Waals surface area contributed by atoms with E-state index in [1.807, 2.05) is 48.6 Å². The quantitative estimate of drug-likeness (QED) is 0.801. The molecule has 0 unspecified atom stereocenters. The van der Waals surface area contributed by atoms with Gasteiger partial charge in [-0.25, -0.2) is 4.98 Å². The summed E-state index contributed by atoms with van der Waals surface area (Å²) in [4.78, 5) is 18.6. The molecule has 0 aliphatic carbocycles. The average molecular weight is 278 g/mol. The fourth-order valence-electron chi connectivity index (χ4n) is 2.20. The summed E-state index contributed by atoms with van der Waals surface area (Å²) in [6.45, 7) is 0. The van der Waals surface area contributed by atoms with Gasteiger partial charge in [0.1, 0.15) is 0 Å². The number of rotatable bonds is 3. The molecule has 0 aliphatic rings. The van der Waals surface area contributed by atoms with E-state index in [0.29, 0.717) is 11.3 Å². The van der Waals surface area contributed by atoms with Crippen LogP contribution >= 0.6 is 0 Å². The number of aromatic amines is 1. The largest absolute Gasteiger partial charge is 0.481 e. The minimum atomic E-state index is -0.0756. The van der Waals surface area contributed by atoms with Crippen molar-refractivity contribution in [1.29, 1.82) is 0 Å². The van der Waals surface area contributed by atoms with Crippen molar-refractivity contribution in [3.8, 4) is 5.88 Å². The number of aromatic nitrogens is 2. The van der Waals surface area contributed by atoms with E-state index in [0.717, 1.165) is 16.5 Å². The van der Waals surface area contributed by atoms with Crippen molar-refractivity contribution >= 4 is 22.9 Å². The molecule has 104 valence electrons. The summed E-state index contributed by atoms with van der Waals surface area (Å²) in [7, 11) is 1.59. The van der Waals surface area contributed by atoms with Crippen LogP contribution in [-0.2, 0) is 0 Å². The van der Waals surface area contributed by atoms with Crippen LogP contribution in [0.4, 0.5) is 0 Å². The normalized spacial score (nSPS) is 11.1. The second-order valence-electron chi connectivity index (χ2n) is 4.58. The Labute approximate surface area is 121 Å². The summed E-state index contributed by atoms with van der Waals surface area (Å²) in [6, 6.07) is 11.3. The molecule has 0 saturated carbocycles. The second-order valence-corrected chi connectivity index (χ2v) is 4.58. The predicted octanol–water partition coefficient (Wildman–Crippen LogP) is 3.10. The molecular weight excluding hydrogens is 264 g/mol. The number of hydrogen-bond donors (Lipinski definition) is 1. The zero-order chi connectivity index (χ0) is 14.7. The first-order chi connectivity index (χ1) is 10.3. The molecule has 0 amide bonds. The highest BCUT2D eigenvalue weighted by atomic mass is 16.5. The van der Waals surface area contributed by atoms with E-state index < -0.39 is 0 Å². The van der Waals surface area contributed by atoms with E-state index in [1.54, 1.807) is 19.5 Å². The lowest BCUT2D eigenvalue weighted by Crippen LogP contribution is -2.05. The number of hydrogen-bond acceptors (Lipinski definition) is 3. The van der Waals surface area contributed by atoms with Gasteiger partial charge in [-0.3, -0.25) is 4.79 Å². The third-order valence-corrected chi connectivity index (χ3v) is 3.26. The Balaban J connectivity index is 2.03. The molecular formula is C17H14N2O2. The van der Waals surface area contributed by atoms with Crippen LogP contribution in [0.25, 0.3) is 22.9 Å². The SMILES string of the molecule is COc1cc(C=Cc2c[nH]c(=O)c3ccccc23)ccn1. The van der Waals surface area contributed by atoms with Gasteiger partial charge >= 0.3 is 0 Å². The number of benzene rings is 1. The van der Waals surface area contributed by atoms with Gasteiger partial charge in [-0.15, -0.1) is 0 Å². The van der Waals surface area contributed by atoms with Gasteiger partial charge in [-0.2, -0.15) is 0 Å². The van der Waals surface area contributed by atoms with Crippen molar-refractivity contribution in [1.82, 2.24) is 9.97 Å². The molecule has 0 saturated heterocycles. The lowest BCUT2D eigenvalue weighted by Gasteiger charge is -2.02. The summed E-state index contributed by atoms with van der Waals surface area (Å²) in [5.74, 6) is 0.573. The predicted molar refractivity (Wildman–Crippen MR) is 84.3 cm³/mol. The first-order valence-electron chi connectivity index (χ1n) is 6.56. The molecule has 4 nitrogen and oxygen atoms in total. The van der Waals surface area contributed by atoms with E-state index in [4.69, 9.17) is 4.74 Å². The minimum absolute atomic E-state index is 0.0756. The molecule has 21 heavy (non-hydrogen) atoms. The van der Waals surface area contributed by atoms with Crippen LogP contribution < -0.4 is 10.3 Å². The smallest absolute Gasteiger partial charge is 0.255 e. The van der Waals surface area contributed by atoms with Crippen molar-refractivity contribution in [2.75, 3.05) is 7.11 Å². The summed E-state index contributed by atoms with van der Waals surface area (Å²) >= 11 is 0. The van der Waals surface area contributed by atoms with Gasteiger partial charge in [-0.1, -0.05) is 30.4 Å². The molecule has 0 bridgehead atoms. The molecule has 0 atom stereocenters. The monoisotopic (exact) mass is 278 g/mol. The van der Waals surface area contributed by atoms with Gasteiger partial charge in [-0.05, 0) is 28.6 Å². The van der Waals surface area contributed by atoms with E-state index in [2.05, 4.69) is 9.97 Å². The lowest BCUT2D eigenvalue weighted by molar-refractivity contribution is 0.398. The van der Waals surface area contributed by atoms with Crippen molar-refractivity contribution in [2.45, 2.75) is 0 Å². The Hall–Kier alpha value is -2.88. The molecule has 2 aromatic heterocycles. The lowest BCUT2D eigenvalue weighted by atomic mass is 10.1. The molecule has 2 heterocycles. The van der Waals surface area contributed by atoms with Crippen molar-refractivity contribution in [3.05, 3.63) is 70.3 Å². The average Bonchev–Trinajstić information content (AvgIpc) is 2.55. The van der Waals surface area contributed by atoms with Gasteiger partial charge in [0.05, 0.1) is 7.11 Å². The highest BCUT2D eigenvalue weighted by Crippen LogP contribution is 2.18. The third kappa shape index (κ3) is 2.69. The van der Waals surface area contributed by atoms with Gasteiger partial charge in [0.25, 0.3) is 5.56 Å². The summed E-state index contributed by atoms with van der Waals surface area (Å²) in [5, 5.41) is 1.62. The van der Waals surface area contributed by atoms with Crippen LogP contribution in [0.1, 0.15) is 11.1 Å². The minimum Gasteiger partial charge on any atom is -0.481 e. The molecule has 1 N–H and O–H groups in total. The van der Waals surface area contributed by atoms with E-state index in [-0.39, 0.29) is 5.56 Å². The van der Waals surface area contributed by atoms with Crippen molar-refractivity contribution in [3.63, 3.8) is 0 Å². The van der Waals surface area contributed by atoms with Crippen LogP contribution in [0, 0.1) is 0 Å². The zero-order valence-electron chi connectivity index (χ0n) is 11.5. The zero-order valence-corrected chi connectivity index (χ0v) is 11.5. The summed E-state index contributed by atoms with van der Waals surface area (Å²) in [6.07, 6.45) is 7.35. The Bertz CT molecular complexity index is 866. The van der Waals surface area contributed by atoms with Crippen LogP contribution in [0.2, 0.25) is 0 Å². The number of fused-ring (bicyclic) bond motifs is 1. The van der Waals surface area contributed by atoms with Gasteiger partial charge in [0.15, 0.2) is 0 Å². The van der Waals surface area contributed by atoms with Crippen LogP contribution in [0.3, 0.4) is 0 Å². The Morgan fingerprint density at radius 2 is 1.95 bits per heavy atom.